The van der Waals surface area contributed by atoms with Crippen LogP contribution in [0.1, 0.15) is 28.9 Å². The Balaban J connectivity index is 1.26. The highest BCUT2D eigenvalue weighted by Crippen LogP contribution is 2.42. The van der Waals surface area contributed by atoms with Gasteiger partial charge in [-0.15, -0.1) is 11.3 Å². The van der Waals surface area contributed by atoms with Gasteiger partial charge in [0, 0.05) is 17.9 Å². The summed E-state index contributed by atoms with van der Waals surface area (Å²) in [5.41, 5.74) is 2.31. The van der Waals surface area contributed by atoms with Crippen LogP contribution in [0.5, 0.6) is 5.75 Å². The third-order valence-electron chi connectivity index (χ3n) is 5.66. The third-order valence-corrected chi connectivity index (χ3v) is 6.75. The van der Waals surface area contributed by atoms with Crippen LogP contribution in [-0.4, -0.2) is 48.4 Å². The molecule has 4 heterocycles. The number of benzene rings is 1. The largest absolute Gasteiger partial charge is 0.492 e. The molecule has 0 aliphatic carbocycles. The predicted molar refractivity (Wildman–Crippen MR) is 122 cm³/mol. The van der Waals surface area contributed by atoms with Crippen LogP contribution in [0.3, 0.4) is 0 Å². The van der Waals surface area contributed by atoms with Gasteiger partial charge in [0.2, 0.25) is 0 Å². The maximum Gasteiger partial charge on any atom is 0.268 e. The highest BCUT2D eigenvalue weighted by Gasteiger charge is 2.23. The molecule has 2 aliphatic rings. The van der Waals surface area contributed by atoms with E-state index < -0.39 is 0 Å². The standard InChI is InChI=1S/C22H23N5O2S/c1-27-11-3-2-4-15(27)12-29-16-7-5-14(6-8-16)26-21(28)20-19-18-17(24-13-25-19)9-10-23-22(18)30-20/h5-10,13,15H,2-4,11-12H2,1H3,(H,24,25)(H,26,28). The van der Waals surface area contributed by atoms with E-state index in [1.807, 2.05) is 30.3 Å². The van der Waals surface area contributed by atoms with Gasteiger partial charge in [-0.1, -0.05) is 6.42 Å². The second-order valence-corrected chi connectivity index (χ2v) is 8.64. The van der Waals surface area contributed by atoms with Crippen molar-refractivity contribution in [3.05, 3.63) is 41.4 Å². The van der Waals surface area contributed by atoms with Gasteiger partial charge in [-0.2, -0.15) is 0 Å². The number of carbonyl (C=O) groups is 1. The number of aromatic nitrogens is 1. The number of amides is 1. The molecule has 30 heavy (non-hydrogen) atoms. The summed E-state index contributed by atoms with van der Waals surface area (Å²) in [4.78, 5) is 25.4. The molecule has 2 N–H and O–H groups in total. The van der Waals surface area contributed by atoms with Crippen LogP contribution in [0.4, 0.5) is 17.1 Å². The highest BCUT2D eigenvalue weighted by molar-refractivity contribution is 7.21. The van der Waals surface area contributed by atoms with Gasteiger partial charge in [0.15, 0.2) is 0 Å². The minimum absolute atomic E-state index is 0.185. The van der Waals surface area contributed by atoms with E-state index in [-0.39, 0.29) is 5.91 Å². The van der Waals surface area contributed by atoms with Gasteiger partial charge >= 0.3 is 0 Å². The molecule has 1 aromatic carbocycles. The number of hydrogen-bond donors (Lipinski definition) is 2. The van der Waals surface area contributed by atoms with Crippen molar-refractivity contribution in [2.75, 3.05) is 30.8 Å². The number of nitrogens with zero attached hydrogens (tertiary/aromatic N) is 3. The van der Waals surface area contributed by atoms with E-state index in [9.17, 15) is 4.79 Å². The molecular weight excluding hydrogens is 398 g/mol. The molecule has 0 bridgehead atoms. The molecule has 3 aromatic rings. The number of anilines is 2. The minimum Gasteiger partial charge on any atom is -0.492 e. The minimum atomic E-state index is -0.185. The zero-order chi connectivity index (χ0) is 20.5. The van der Waals surface area contributed by atoms with E-state index >= 15 is 0 Å². The number of piperidine rings is 1. The van der Waals surface area contributed by atoms with Crippen molar-refractivity contribution < 1.29 is 9.53 Å². The van der Waals surface area contributed by atoms with Crippen molar-refractivity contribution in [3.8, 4) is 5.75 Å². The fourth-order valence-electron chi connectivity index (χ4n) is 3.94. The Morgan fingerprint density at radius 1 is 1.30 bits per heavy atom. The number of aliphatic imine (C=N–C) groups is 1. The lowest BCUT2D eigenvalue weighted by atomic mass is 10.0. The maximum absolute atomic E-state index is 12.9. The predicted octanol–water partition coefficient (Wildman–Crippen LogP) is 4.50. The summed E-state index contributed by atoms with van der Waals surface area (Å²) in [6.45, 7) is 1.82. The van der Waals surface area contributed by atoms with Gasteiger partial charge in [-0.05, 0) is 56.8 Å². The fraction of sp³-hybridized carbons (Fsp3) is 0.318. The number of likely N-dealkylation sites (tertiary alicyclic amines) is 1. The zero-order valence-corrected chi connectivity index (χ0v) is 17.5. The van der Waals surface area contributed by atoms with Gasteiger partial charge < -0.3 is 20.3 Å². The molecule has 1 fully saturated rings. The quantitative estimate of drug-likeness (QED) is 0.634. The van der Waals surface area contributed by atoms with Crippen LogP contribution in [0, 0.1) is 0 Å². The summed E-state index contributed by atoms with van der Waals surface area (Å²) in [7, 11) is 2.16. The summed E-state index contributed by atoms with van der Waals surface area (Å²) < 4.78 is 5.97. The van der Waals surface area contributed by atoms with Crippen molar-refractivity contribution in [2.45, 2.75) is 25.3 Å². The summed E-state index contributed by atoms with van der Waals surface area (Å²) in [6, 6.07) is 9.88. The fourth-order valence-corrected chi connectivity index (χ4v) is 4.95. The first kappa shape index (κ1) is 19.0. The van der Waals surface area contributed by atoms with Crippen molar-refractivity contribution in [1.82, 2.24) is 9.88 Å². The number of nitrogens with one attached hydrogen (secondary N) is 2. The Hall–Kier alpha value is -2.97. The summed E-state index contributed by atoms with van der Waals surface area (Å²) in [6.07, 6.45) is 7.05. The molecule has 5 rings (SSSR count). The average molecular weight is 422 g/mol. The molecule has 154 valence electrons. The smallest absolute Gasteiger partial charge is 0.268 e. The zero-order valence-electron chi connectivity index (χ0n) is 16.7. The molecule has 2 aliphatic heterocycles. The lowest BCUT2D eigenvalue weighted by molar-refractivity contribution is 0.103. The molecule has 7 nitrogen and oxygen atoms in total. The highest BCUT2D eigenvalue weighted by atomic mass is 32.1. The van der Waals surface area contributed by atoms with E-state index in [1.165, 1.54) is 30.6 Å². The first-order chi connectivity index (χ1) is 14.7. The lowest BCUT2D eigenvalue weighted by Crippen LogP contribution is -2.40. The van der Waals surface area contributed by atoms with Crippen LogP contribution in [0.2, 0.25) is 0 Å². The second-order valence-electron chi connectivity index (χ2n) is 7.64. The van der Waals surface area contributed by atoms with Gasteiger partial charge in [-0.3, -0.25) is 4.79 Å². The third kappa shape index (κ3) is 3.64. The van der Waals surface area contributed by atoms with Crippen molar-refractivity contribution in [3.63, 3.8) is 0 Å². The number of likely N-dealkylation sites (N-methyl/N-ethyl adjacent to an activating group) is 1. The van der Waals surface area contributed by atoms with E-state index in [0.29, 0.717) is 23.2 Å². The van der Waals surface area contributed by atoms with Crippen molar-refractivity contribution in [2.24, 2.45) is 4.99 Å². The Morgan fingerprint density at radius 2 is 2.17 bits per heavy atom. The van der Waals surface area contributed by atoms with E-state index in [4.69, 9.17) is 4.74 Å². The van der Waals surface area contributed by atoms with Gasteiger partial charge in [0.1, 0.15) is 22.1 Å². The van der Waals surface area contributed by atoms with Crippen LogP contribution in [0.25, 0.3) is 10.2 Å². The number of carbonyl (C=O) groups excluding carboxylic acids is 1. The maximum atomic E-state index is 12.9. The Labute approximate surface area is 178 Å². The van der Waals surface area contributed by atoms with Crippen LogP contribution >= 0.6 is 11.3 Å². The SMILES string of the molecule is CN1CCCCC1COc1ccc(NC(=O)c2sc3nccc4c3c2N=CN4)cc1. The van der Waals surface area contributed by atoms with Gasteiger partial charge in [-0.25, -0.2) is 9.98 Å². The molecule has 0 radical (unpaired) electrons. The van der Waals surface area contributed by atoms with E-state index in [0.717, 1.165) is 33.9 Å². The van der Waals surface area contributed by atoms with Crippen LogP contribution < -0.4 is 15.4 Å². The number of ether oxygens (including phenoxy) is 1. The molecule has 2 aromatic heterocycles. The molecule has 1 saturated heterocycles. The number of pyridine rings is 1. The Kier molecular flexibility index (Phi) is 5.10. The first-order valence-corrected chi connectivity index (χ1v) is 11.0. The number of rotatable bonds is 5. The molecule has 0 saturated carbocycles. The summed E-state index contributed by atoms with van der Waals surface area (Å²) in [5.74, 6) is 0.629. The summed E-state index contributed by atoms with van der Waals surface area (Å²) in [5, 5.41) is 6.96. The number of hydrogen-bond acceptors (Lipinski definition) is 7. The van der Waals surface area contributed by atoms with Gasteiger partial charge in [0.05, 0.1) is 23.1 Å². The first-order valence-electron chi connectivity index (χ1n) is 10.1. The average Bonchev–Trinajstić information content (AvgIpc) is 3.15. The molecular formula is C22H23N5O2S. The van der Waals surface area contributed by atoms with E-state index in [2.05, 4.69) is 32.6 Å². The lowest BCUT2D eigenvalue weighted by Gasteiger charge is -2.32. The molecule has 0 spiro atoms. The van der Waals surface area contributed by atoms with Crippen LogP contribution in [-0.2, 0) is 0 Å². The van der Waals surface area contributed by atoms with Gasteiger partial charge in [0.25, 0.3) is 5.91 Å². The topological polar surface area (TPSA) is 78.8 Å². The molecule has 1 unspecified atom stereocenters. The molecule has 1 amide bonds. The van der Waals surface area contributed by atoms with Crippen molar-refractivity contribution in [1.29, 1.82) is 0 Å². The molecule has 8 heteroatoms. The normalized spacial score (nSPS) is 18.2. The monoisotopic (exact) mass is 421 g/mol. The second kappa shape index (κ2) is 8.04. The Morgan fingerprint density at radius 3 is 3.00 bits per heavy atom. The van der Waals surface area contributed by atoms with Crippen LogP contribution in [0.15, 0.2) is 41.5 Å². The number of thiophene rings is 1. The molecule has 1 atom stereocenters. The van der Waals surface area contributed by atoms with Crippen molar-refractivity contribution >= 4 is 50.9 Å². The van der Waals surface area contributed by atoms with E-state index in [1.54, 1.807) is 12.5 Å². The Bertz CT molecular complexity index is 1110. The summed E-state index contributed by atoms with van der Waals surface area (Å²) >= 11 is 1.35.